The van der Waals surface area contributed by atoms with Crippen LogP contribution in [0.4, 0.5) is 0 Å². The molecule has 120 valence electrons. The van der Waals surface area contributed by atoms with Crippen LogP contribution >= 0.6 is 51.7 Å². The summed E-state index contributed by atoms with van der Waals surface area (Å²) in [6.45, 7) is 5.26. The maximum absolute atomic E-state index is 5.50. The molecule has 0 radical (unpaired) electrons. The molecule has 1 unspecified atom stereocenters. The van der Waals surface area contributed by atoms with Crippen molar-refractivity contribution in [3.63, 3.8) is 0 Å². The predicted molar refractivity (Wildman–Crippen MR) is 105 cm³/mol. The summed E-state index contributed by atoms with van der Waals surface area (Å²) >= 11 is 5.40. The van der Waals surface area contributed by atoms with Crippen LogP contribution in [0.3, 0.4) is 0 Å². The number of hydrogen-bond donors (Lipinski definition) is 1. The van der Waals surface area contributed by atoms with Crippen LogP contribution in [0, 0.1) is 0 Å². The fourth-order valence-electron chi connectivity index (χ4n) is 2.27. The summed E-state index contributed by atoms with van der Waals surface area (Å²) in [5.74, 6) is 3.18. The van der Waals surface area contributed by atoms with Crippen LogP contribution in [0.25, 0.3) is 0 Å². The van der Waals surface area contributed by atoms with Crippen molar-refractivity contribution in [1.82, 2.24) is 10.2 Å². The van der Waals surface area contributed by atoms with E-state index in [4.69, 9.17) is 4.42 Å². The molecule has 2 heterocycles. The summed E-state index contributed by atoms with van der Waals surface area (Å²) in [4.78, 5) is 6.76. The van der Waals surface area contributed by atoms with Crippen molar-refractivity contribution in [2.45, 2.75) is 25.0 Å². The van der Waals surface area contributed by atoms with Crippen molar-refractivity contribution in [1.29, 1.82) is 0 Å². The monoisotopic (exact) mass is 487 g/mol. The van der Waals surface area contributed by atoms with Gasteiger partial charge in [0.1, 0.15) is 5.76 Å². The Labute approximate surface area is 156 Å². The molecule has 21 heavy (non-hydrogen) atoms. The first kappa shape index (κ1) is 19.2. The Morgan fingerprint density at radius 1 is 1.57 bits per heavy atom. The van der Waals surface area contributed by atoms with Crippen LogP contribution in [0.5, 0.6) is 0 Å². The van der Waals surface area contributed by atoms with Gasteiger partial charge in [0.05, 0.1) is 0 Å². The molecule has 0 spiro atoms. The highest BCUT2D eigenvalue weighted by Crippen LogP contribution is 2.21. The molecule has 1 aliphatic rings. The van der Waals surface area contributed by atoms with E-state index >= 15 is 0 Å². The lowest BCUT2D eigenvalue weighted by molar-refractivity contribution is 0.407. The molecule has 7 heteroatoms. The first-order valence-corrected chi connectivity index (χ1v) is 8.88. The van der Waals surface area contributed by atoms with Gasteiger partial charge in [0.25, 0.3) is 0 Å². The Morgan fingerprint density at radius 3 is 3.00 bits per heavy atom. The molecule has 1 saturated heterocycles. The number of nitrogens with one attached hydrogen (secondary N) is 1. The van der Waals surface area contributed by atoms with Crippen molar-refractivity contribution in [2.75, 3.05) is 32.4 Å². The third-order valence-corrected chi connectivity index (χ3v) is 5.19. The minimum Gasteiger partial charge on any atom is -0.454 e. The van der Waals surface area contributed by atoms with Crippen molar-refractivity contribution >= 4 is 57.6 Å². The van der Waals surface area contributed by atoms with Crippen molar-refractivity contribution in [3.8, 4) is 0 Å². The van der Waals surface area contributed by atoms with E-state index in [2.05, 4.69) is 49.8 Å². The Kier molecular flexibility index (Phi) is 9.12. The average molecular weight is 488 g/mol. The molecule has 0 aromatic carbocycles. The molecule has 0 aliphatic carbocycles. The largest absolute Gasteiger partial charge is 0.454 e. The average Bonchev–Trinajstić information content (AvgIpc) is 2.89. The van der Waals surface area contributed by atoms with Gasteiger partial charge in [-0.1, -0.05) is 6.92 Å². The van der Waals surface area contributed by atoms with Gasteiger partial charge in [-0.15, -0.1) is 24.0 Å². The molecule has 0 amide bonds. The molecular formula is C14H23BrIN3OS. The van der Waals surface area contributed by atoms with Crippen LogP contribution < -0.4 is 5.32 Å². The fourth-order valence-corrected chi connectivity index (χ4v) is 3.79. The minimum atomic E-state index is 0. The first-order valence-electron chi connectivity index (χ1n) is 7.04. The van der Waals surface area contributed by atoms with Crippen molar-refractivity contribution in [3.05, 3.63) is 22.6 Å². The Balaban J connectivity index is 0.00000220. The number of hydrogen-bond acceptors (Lipinski definition) is 3. The molecule has 0 bridgehead atoms. The number of aliphatic imine (C=N–C) groups is 1. The third kappa shape index (κ3) is 6.02. The molecule has 1 atom stereocenters. The van der Waals surface area contributed by atoms with E-state index in [1.165, 1.54) is 12.2 Å². The standard InChI is InChI=1S/C14H22BrN3OS.HI/c1-3-12-10-18(8-9-20-12)14(16-2)17-7-6-11-4-5-13(15)19-11;/h4-5,12H,3,6-10H2,1-2H3,(H,16,17);1H. The highest BCUT2D eigenvalue weighted by molar-refractivity contribution is 14.0. The zero-order chi connectivity index (χ0) is 14.4. The van der Waals surface area contributed by atoms with E-state index in [-0.39, 0.29) is 24.0 Å². The van der Waals surface area contributed by atoms with E-state index in [0.29, 0.717) is 0 Å². The Hall–Kier alpha value is 0.110. The van der Waals surface area contributed by atoms with Crippen LogP contribution in [0.2, 0.25) is 0 Å². The highest BCUT2D eigenvalue weighted by atomic mass is 127. The van der Waals surface area contributed by atoms with Crippen molar-refractivity contribution in [2.24, 2.45) is 4.99 Å². The second kappa shape index (κ2) is 9.99. The molecule has 1 fully saturated rings. The number of rotatable bonds is 4. The molecule has 1 aliphatic heterocycles. The maximum atomic E-state index is 5.50. The summed E-state index contributed by atoms with van der Waals surface area (Å²) < 4.78 is 6.29. The summed E-state index contributed by atoms with van der Waals surface area (Å²) in [5.41, 5.74) is 0. The smallest absolute Gasteiger partial charge is 0.193 e. The van der Waals surface area contributed by atoms with Gasteiger partial charge in [-0.25, -0.2) is 0 Å². The number of furan rings is 1. The summed E-state index contributed by atoms with van der Waals surface area (Å²) in [6, 6.07) is 3.93. The number of thioether (sulfide) groups is 1. The van der Waals surface area contributed by atoms with E-state index in [1.807, 2.05) is 19.2 Å². The second-order valence-corrected chi connectivity index (χ2v) is 6.97. The van der Waals surface area contributed by atoms with Crippen LogP contribution in [-0.4, -0.2) is 48.5 Å². The Morgan fingerprint density at radius 2 is 2.38 bits per heavy atom. The second-order valence-electron chi connectivity index (χ2n) is 4.78. The number of guanidine groups is 1. The van der Waals surface area contributed by atoms with Crippen LogP contribution in [-0.2, 0) is 6.42 Å². The molecule has 4 nitrogen and oxygen atoms in total. The van der Waals surface area contributed by atoms with Gasteiger partial charge in [-0.05, 0) is 34.5 Å². The zero-order valence-electron chi connectivity index (χ0n) is 12.5. The lowest BCUT2D eigenvalue weighted by Gasteiger charge is -2.34. The summed E-state index contributed by atoms with van der Waals surface area (Å²) in [7, 11) is 1.86. The van der Waals surface area contributed by atoms with E-state index in [0.717, 1.165) is 47.7 Å². The zero-order valence-corrected chi connectivity index (χ0v) is 17.2. The normalized spacial score (nSPS) is 19.3. The van der Waals surface area contributed by atoms with Gasteiger partial charge in [0.2, 0.25) is 0 Å². The molecule has 2 rings (SSSR count). The SMILES string of the molecule is CCC1CN(C(=NC)NCCc2ccc(Br)o2)CCS1.I. The fraction of sp³-hybridized carbons (Fsp3) is 0.643. The minimum absolute atomic E-state index is 0. The Bertz CT molecular complexity index is 455. The highest BCUT2D eigenvalue weighted by Gasteiger charge is 2.21. The molecule has 1 aromatic rings. The summed E-state index contributed by atoms with van der Waals surface area (Å²) in [6.07, 6.45) is 2.09. The molecular weight excluding hydrogens is 465 g/mol. The molecule has 0 saturated carbocycles. The number of halogens is 2. The van der Waals surface area contributed by atoms with Crippen LogP contribution in [0.15, 0.2) is 26.2 Å². The van der Waals surface area contributed by atoms with E-state index in [9.17, 15) is 0 Å². The van der Waals surface area contributed by atoms with E-state index in [1.54, 1.807) is 0 Å². The van der Waals surface area contributed by atoms with Crippen molar-refractivity contribution < 1.29 is 4.42 Å². The van der Waals surface area contributed by atoms with Gasteiger partial charge in [-0.2, -0.15) is 11.8 Å². The van der Waals surface area contributed by atoms with Gasteiger partial charge in [0, 0.05) is 44.1 Å². The third-order valence-electron chi connectivity index (χ3n) is 3.39. The van der Waals surface area contributed by atoms with Gasteiger partial charge in [0.15, 0.2) is 10.6 Å². The lowest BCUT2D eigenvalue weighted by Crippen LogP contribution is -2.48. The van der Waals surface area contributed by atoms with Gasteiger partial charge in [-0.3, -0.25) is 4.99 Å². The lowest BCUT2D eigenvalue weighted by atomic mass is 10.3. The molecule has 1 aromatic heterocycles. The first-order chi connectivity index (χ1) is 9.72. The van der Waals surface area contributed by atoms with Crippen LogP contribution in [0.1, 0.15) is 19.1 Å². The molecule has 1 N–H and O–H groups in total. The topological polar surface area (TPSA) is 40.8 Å². The predicted octanol–water partition coefficient (Wildman–Crippen LogP) is 3.61. The number of nitrogens with zero attached hydrogens (tertiary/aromatic N) is 2. The summed E-state index contributed by atoms with van der Waals surface area (Å²) in [5, 5.41) is 4.16. The van der Waals surface area contributed by atoms with E-state index < -0.39 is 0 Å². The maximum Gasteiger partial charge on any atom is 0.193 e. The quantitative estimate of drug-likeness (QED) is 0.400. The van der Waals surface area contributed by atoms with Gasteiger partial charge < -0.3 is 14.6 Å². The van der Waals surface area contributed by atoms with Gasteiger partial charge >= 0.3 is 0 Å².